The summed E-state index contributed by atoms with van der Waals surface area (Å²) in [5, 5.41) is 0.281. The van der Waals surface area contributed by atoms with Gasteiger partial charge in [0.2, 0.25) is 0 Å². The highest BCUT2D eigenvalue weighted by Gasteiger charge is 2.46. The molecule has 7 rings (SSSR count). The molecule has 0 nitrogen and oxygen atoms in total. The van der Waals surface area contributed by atoms with Crippen LogP contribution in [0.25, 0.3) is 33.4 Å². The lowest BCUT2D eigenvalue weighted by Crippen LogP contribution is -2.40. The maximum atomic E-state index is 2.56. The molecule has 0 spiro atoms. The van der Waals surface area contributed by atoms with Crippen LogP contribution in [-0.4, -0.2) is 8.80 Å². The van der Waals surface area contributed by atoms with E-state index in [0.29, 0.717) is 0 Å². The summed E-state index contributed by atoms with van der Waals surface area (Å²) in [4.78, 5) is 0. The molecule has 0 aliphatic heterocycles. The van der Waals surface area contributed by atoms with Gasteiger partial charge in [-0.05, 0) is 129 Å². The lowest BCUT2D eigenvalue weighted by atomic mass is 9.65. The Bertz CT molecular complexity index is 2210. The van der Waals surface area contributed by atoms with Gasteiger partial charge in [-0.1, -0.05) is 186 Å². The molecule has 1 heteroatoms. The van der Waals surface area contributed by atoms with Gasteiger partial charge in [-0.15, -0.1) is 0 Å². The number of benzene rings is 5. The number of rotatable bonds is 13. The first-order chi connectivity index (χ1) is 26.4. The highest BCUT2D eigenvalue weighted by atomic mass is 28.3. The molecule has 1 radical (unpaired) electrons. The van der Waals surface area contributed by atoms with Crippen molar-refractivity contribution in [1.82, 2.24) is 0 Å². The second-order valence-corrected chi connectivity index (χ2v) is 18.9. The van der Waals surface area contributed by atoms with Crippen molar-refractivity contribution < 1.29 is 0 Å². The maximum absolute atomic E-state index is 2.56. The van der Waals surface area contributed by atoms with Crippen LogP contribution in [0, 0.1) is 0 Å². The van der Waals surface area contributed by atoms with E-state index >= 15 is 0 Å². The smallest absolute Gasteiger partial charge is 0.0710 e. The Labute approximate surface area is 327 Å². The fourth-order valence-electron chi connectivity index (χ4n) is 9.46. The Morgan fingerprint density at radius 3 is 1.93 bits per heavy atom. The fourth-order valence-corrected chi connectivity index (χ4v) is 13.1. The van der Waals surface area contributed by atoms with Crippen LogP contribution in [-0.2, 0) is 10.5 Å². The average Bonchev–Trinajstić information content (AvgIpc) is 3.48. The molecule has 0 heterocycles. The van der Waals surface area contributed by atoms with Crippen molar-refractivity contribution in [3.63, 3.8) is 0 Å². The van der Waals surface area contributed by atoms with E-state index in [2.05, 4.69) is 193 Å². The Morgan fingerprint density at radius 1 is 0.685 bits per heavy atom. The van der Waals surface area contributed by atoms with Gasteiger partial charge in [0.05, 0.1) is 14.2 Å². The van der Waals surface area contributed by atoms with E-state index in [0.717, 1.165) is 12.8 Å². The summed E-state index contributed by atoms with van der Waals surface area (Å²) in [5.41, 5.74) is 16.8. The van der Waals surface area contributed by atoms with Crippen molar-refractivity contribution >= 4 is 19.9 Å². The predicted molar refractivity (Wildman–Crippen MR) is 237 cm³/mol. The number of hydrogen-bond donors (Lipinski definition) is 0. The third kappa shape index (κ3) is 6.77. The number of hydrogen-bond acceptors (Lipinski definition) is 0. The van der Waals surface area contributed by atoms with Gasteiger partial charge in [-0.25, -0.2) is 0 Å². The second-order valence-electron chi connectivity index (χ2n) is 15.6. The van der Waals surface area contributed by atoms with Gasteiger partial charge in [0.15, 0.2) is 0 Å². The second kappa shape index (κ2) is 16.3. The van der Waals surface area contributed by atoms with E-state index in [-0.39, 0.29) is 5.04 Å². The van der Waals surface area contributed by atoms with Gasteiger partial charge in [0.25, 0.3) is 0 Å². The minimum atomic E-state index is -0.519. The topological polar surface area (TPSA) is 0 Å². The molecule has 0 bridgehead atoms. The molecule has 2 aliphatic rings. The third-order valence-electron chi connectivity index (χ3n) is 12.5. The first kappa shape index (κ1) is 37.6. The maximum Gasteiger partial charge on any atom is 0.0710 e. The van der Waals surface area contributed by atoms with E-state index < -0.39 is 14.2 Å². The Kier molecular flexibility index (Phi) is 11.4. The minimum absolute atomic E-state index is 0.281. The summed E-state index contributed by atoms with van der Waals surface area (Å²) in [6.07, 6.45) is 17.4. The SMILES string of the molecule is C/C=C\C1=C(C)c2ccc(-c3ccc(C(C)(CC)[Si](CCC)CCC)cc3)cc2C1(c1cccc(C2=CC=CCC2)c1)c1cccc(-c2ccccc2)c1. The minimum Gasteiger partial charge on any atom is -0.0873 e. The van der Waals surface area contributed by atoms with Crippen molar-refractivity contribution in [2.45, 2.75) is 96.2 Å². The average molecular weight is 722 g/mol. The molecule has 5 aromatic rings. The molecule has 0 N–H and O–H groups in total. The van der Waals surface area contributed by atoms with Crippen molar-refractivity contribution in [1.29, 1.82) is 0 Å². The zero-order valence-electron chi connectivity index (χ0n) is 33.4. The molecule has 0 fully saturated rings. The van der Waals surface area contributed by atoms with Gasteiger partial charge in [-0.3, -0.25) is 0 Å². The Morgan fingerprint density at radius 2 is 1.30 bits per heavy atom. The quantitative estimate of drug-likeness (QED) is 0.106. The largest absolute Gasteiger partial charge is 0.0873 e. The summed E-state index contributed by atoms with van der Waals surface area (Å²) in [6.45, 7) is 14.2. The lowest BCUT2D eigenvalue weighted by Gasteiger charge is -2.37. The molecule has 0 aromatic heterocycles. The first-order valence-electron chi connectivity index (χ1n) is 20.5. The third-order valence-corrected chi connectivity index (χ3v) is 16.9. The van der Waals surface area contributed by atoms with Crippen molar-refractivity contribution in [2.75, 3.05) is 0 Å². The zero-order chi connectivity index (χ0) is 37.7. The van der Waals surface area contributed by atoms with Crippen LogP contribution in [0.1, 0.15) is 107 Å². The summed E-state index contributed by atoms with van der Waals surface area (Å²) in [7, 11) is -0.519. The zero-order valence-corrected chi connectivity index (χ0v) is 34.4. The molecule has 273 valence electrons. The van der Waals surface area contributed by atoms with Gasteiger partial charge in [-0.2, -0.15) is 0 Å². The van der Waals surface area contributed by atoms with Crippen molar-refractivity contribution in [3.05, 3.63) is 191 Å². The molecule has 2 unspecified atom stereocenters. The van der Waals surface area contributed by atoms with E-state index in [9.17, 15) is 0 Å². The van der Waals surface area contributed by atoms with Gasteiger partial charge in [0, 0.05) is 0 Å². The lowest BCUT2D eigenvalue weighted by molar-refractivity contribution is 0.614. The van der Waals surface area contributed by atoms with Gasteiger partial charge in [0.1, 0.15) is 0 Å². The number of allylic oxidation sites excluding steroid dienone is 8. The molecule has 2 aliphatic carbocycles. The van der Waals surface area contributed by atoms with Crippen LogP contribution in [0.5, 0.6) is 0 Å². The molecule has 2 atom stereocenters. The van der Waals surface area contributed by atoms with Crippen LogP contribution in [0.4, 0.5) is 0 Å². The van der Waals surface area contributed by atoms with Crippen LogP contribution in [0.15, 0.2) is 157 Å². The van der Waals surface area contributed by atoms with E-state index in [1.54, 1.807) is 0 Å². The number of fused-ring (bicyclic) bond motifs is 1. The van der Waals surface area contributed by atoms with Crippen LogP contribution < -0.4 is 0 Å². The Balaban J connectivity index is 1.44. The Hall–Kier alpha value is -4.72. The highest BCUT2D eigenvalue weighted by molar-refractivity contribution is 6.62. The van der Waals surface area contributed by atoms with Crippen LogP contribution in [0.2, 0.25) is 12.1 Å². The molecule has 0 amide bonds. The van der Waals surface area contributed by atoms with Crippen molar-refractivity contribution in [2.24, 2.45) is 0 Å². The van der Waals surface area contributed by atoms with Crippen LogP contribution in [0.3, 0.4) is 0 Å². The first-order valence-corrected chi connectivity index (χ1v) is 22.4. The molecule has 54 heavy (non-hydrogen) atoms. The monoisotopic (exact) mass is 721 g/mol. The van der Waals surface area contributed by atoms with E-state index in [4.69, 9.17) is 0 Å². The summed E-state index contributed by atoms with van der Waals surface area (Å²) in [5.74, 6) is 0. The summed E-state index contributed by atoms with van der Waals surface area (Å²) < 4.78 is 0. The standard InChI is InChI=1S/C53H57Si/c1-7-19-50-39(5)49-33-30-45(42-28-31-46(32-29-42)52(6,10-4)54(34-8-2)35-9-3)38-51(49)53(50,47-26-17-24-43(36-47)40-20-13-11-14-21-40)48-27-18-25-44(37-48)41-22-15-12-16-23-41/h7,11-15,17-22,24-33,36-38H,8-10,16,23,34-35H2,1-6H3/b19-7-. The summed E-state index contributed by atoms with van der Waals surface area (Å²) in [6, 6.07) is 49.5. The molecular weight excluding hydrogens is 665 g/mol. The summed E-state index contributed by atoms with van der Waals surface area (Å²) >= 11 is 0. The molecule has 0 saturated heterocycles. The van der Waals surface area contributed by atoms with Crippen LogP contribution >= 0.6 is 0 Å². The molecular formula is C53H57Si. The highest BCUT2D eigenvalue weighted by Crippen LogP contribution is 2.56. The normalized spacial score (nSPS) is 17.9. The van der Waals surface area contributed by atoms with Gasteiger partial charge < -0.3 is 0 Å². The molecule has 5 aromatic carbocycles. The van der Waals surface area contributed by atoms with Crippen molar-refractivity contribution in [3.8, 4) is 22.3 Å². The molecule has 0 saturated carbocycles. The fraction of sp³-hybridized carbons (Fsp3) is 0.283. The predicted octanol–water partition coefficient (Wildman–Crippen LogP) is 15.0. The van der Waals surface area contributed by atoms with E-state index in [1.807, 2.05) is 0 Å². The van der Waals surface area contributed by atoms with E-state index in [1.165, 1.54) is 104 Å². The van der Waals surface area contributed by atoms with Gasteiger partial charge >= 0.3 is 0 Å².